The number of benzene rings is 1. The number of fused-ring (bicyclic) bond motifs is 1. The van der Waals surface area contributed by atoms with Crippen LogP contribution >= 0.6 is 0 Å². The predicted octanol–water partition coefficient (Wildman–Crippen LogP) is 2.24. The van der Waals surface area contributed by atoms with Gasteiger partial charge in [0.1, 0.15) is 5.76 Å². The molecule has 0 unspecified atom stereocenters. The Bertz CT molecular complexity index is 648. The number of carboxylic acids is 1. The lowest BCUT2D eigenvalue weighted by Crippen LogP contribution is -2.30. The van der Waals surface area contributed by atoms with Gasteiger partial charge in [-0.3, -0.25) is 4.90 Å². The number of aromatic carboxylic acids is 1. The maximum absolute atomic E-state index is 11.0. The van der Waals surface area contributed by atoms with E-state index in [-0.39, 0.29) is 0 Å². The maximum Gasteiger partial charge on any atom is 0.335 e. The summed E-state index contributed by atoms with van der Waals surface area (Å²) in [5, 5.41) is 13.1. The summed E-state index contributed by atoms with van der Waals surface area (Å²) in [5.41, 5.74) is 3.60. The quantitative estimate of drug-likeness (QED) is 0.928. The fraction of sp³-hybridized carbons (Fsp3) is 0.333. The van der Waals surface area contributed by atoms with Crippen LogP contribution in [0.1, 0.15) is 32.9 Å². The molecule has 5 nitrogen and oxygen atoms in total. The minimum absolute atomic E-state index is 0.350. The minimum Gasteiger partial charge on any atom is -0.478 e. The van der Waals surface area contributed by atoms with Crippen LogP contribution in [0.2, 0.25) is 0 Å². The second kappa shape index (κ2) is 5.09. The molecule has 3 rings (SSSR count). The van der Waals surface area contributed by atoms with Crippen LogP contribution in [0.25, 0.3) is 0 Å². The van der Waals surface area contributed by atoms with Crippen LogP contribution in [0, 0.1) is 6.92 Å². The lowest BCUT2D eigenvalue weighted by molar-refractivity contribution is 0.0696. The van der Waals surface area contributed by atoms with Gasteiger partial charge in [0, 0.05) is 25.7 Å². The molecule has 0 saturated heterocycles. The molecular formula is C15H16N2O3. The molecule has 0 amide bonds. The van der Waals surface area contributed by atoms with Crippen LogP contribution < -0.4 is 0 Å². The number of hydrogen-bond acceptors (Lipinski definition) is 4. The monoisotopic (exact) mass is 272 g/mol. The van der Waals surface area contributed by atoms with E-state index in [2.05, 4.69) is 10.1 Å². The summed E-state index contributed by atoms with van der Waals surface area (Å²) in [6, 6.07) is 7.31. The fourth-order valence-electron chi connectivity index (χ4n) is 2.61. The number of aryl methyl sites for hydroxylation is 1. The number of hydrogen-bond donors (Lipinski definition) is 1. The van der Waals surface area contributed by atoms with Crippen molar-refractivity contribution in [1.82, 2.24) is 10.1 Å². The predicted molar refractivity (Wildman–Crippen MR) is 72.5 cm³/mol. The molecule has 0 aliphatic carbocycles. The molecule has 5 heteroatoms. The van der Waals surface area contributed by atoms with Gasteiger partial charge in [0.05, 0.1) is 11.3 Å². The Labute approximate surface area is 116 Å². The molecule has 0 radical (unpaired) electrons. The lowest BCUT2D eigenvalue weighted by atomic mass is 9.97. The van der Waals surface area contributed by atoms with E-state index in [1.165, 1.54) is 5.56 Å². The van der Waals surface area contributed by atoms with Gasteiger partial charge in [-0.15, -0.1) is 0 Å². The van der Waals surface area contributed by atoms with Crippen molar-refractivity contribution < 1.29 is 14.4 Å². The Morgan fingerprint density at radius 2 is 2.25 bits per heavy atom. The van der Waals surface area contributed by atoms with Gasteiger partial charge in [-0.2, -0.15) is 0 Å². The molecule has 1 N–H and O–H groups in total. The molecule has 0 bridgehead atoms. The van der Waals surface area contributed by atoms with Crippen molar-refractivity contribution in [3.8, 4) is 0 Å². The van der Waals surface area contributed by atoms with Gasteiger partial charge < -0.3 is 9.63 Å². The Kier molecular flexibility index (Phi) is 3.28. The molecular weight excluding hydrogens is 256 g/mol. The summed E-state index contributed by atoms with van der Waals surface area (Å²) in [6.07, 6.45) is 0.937. The summed E-state index contributed by atoms with van der Waals surface area (Å²) in [5.74, 6) is -0.0670. The molecule has 0 spiro atoms. The zero-order chi connectivity index (χ0) is 14.1. The molecule has 1 aromatic heterocycles. The van der Waals surface area contributed by atoms with Crippen molar-refractivity contribution in [2.24, 2.45) is 0 Å². The third kappa shape index (κ3) is 2.58. The van der Waals surface area contributed by atoms with Crippen molar-refractivity contribution in [1.29, 1.82) is 0 Å². The number of rotatable bonds is 3. The zero-order valence-corrected chi connectivity index (χ0v) is 11.3. The van der Waals surface area contributed by atoms with Gasteiger partial charge in [-0.1, -0.05) is 11.2 Å². The lowest BCUT2D eigenvalue weighted by Gasteiger charge is -2.28. The van der Waals surface area contributed by atoms with Crippen LogP contribution in [-0.2, 0) is 19.5 Å². The van der Waals surface area contributed by atoms with Crippen molar-refractivity contribution in [3.05, 3.63) is 52.4 Å². The van der Waals surface area contributed by atoms with Crippen molar-refractivity contribution in [3.63, 3.8) is 0 Å². The second-order valence-corrected chi connectivity index (χ2v) is 5.18. The van der Waals surface area contributed by atoms with Crippen molar-refractivity contribution >= 4 is 5.97 Å². The topological polar surface area (TPSA) is 66.6 Å². The highest BCUT2D eigenvalue weighted by Crippen LogP contribution is 2.22. The minimum atomic E-state index is -0.878. The first-order valence-corrected chi connectivity index (χ1v) is 6.61. The summed E-state index contributed by atoms with van der Waals surface area (Å²) < 4.78 is 5.07. The summed E-state index contributed by atoms with van der Waals surface area (Å²) in [6.45, 7) is 4.31. The summed E-state index contributed by atoms with van der Waals surface area (Å²) in [4.78, 5) is 13.3. The Hall–Kier alpha value is -2.14. The molecule has 1 aromatic carbocycles. The highest BCUT2D eigenvalue weighted by Gasteiger charge is 2.18. The normalized spacial score (nSPS) is 15.1. The van der Waals surface area contributed by atoms with Gasteiger partial charge in [0.25, 0.3) is 0 Å². The van der Waals surface area contributed by atoms with E-state index in [1.807, 2.05) is 19.1 Å². The second-order valence-electron chi connectivity index (χ2n) is 5.18. The van der Waals surface area contributed by atoms with E-state index < -0.39 is 5.97 Å². The molecule has 0 saturated carbocycles. The zero-order valence-electron chi connectivity index (χ0n) is 11.3. The van der Waals surface area contributed by atoms with Crippen LogP contribution in [0.5, 0.6) is 0 Å². The van der Waals surface area contributed by atoms with Crippen LogP contribution in [0.3, 0.4) is 0 Å². The maximum atomic E-state index is 11.0. The Morgan fingerprint density at radius 3 is 2.95 bits per heavy atom. The van der Waals surface area contributed by atoms with Crippen molar-refractivity contribution in [2.45, 2.75) is 26.4 Å². The summed E-state index contributed by atoms with van der Waals surface area (Å²) in [7, 11) is 0. The molecule has 0 atom stereocenters. The third-order valence-electron chi connectivity index (χ3n) is 3.61. The number of carboxylic acid groups (broad SMARTS) is 1. The van der Waals surface area contributed by atoms with E-state index in [9.17, 15) is 4.79 Å². The van der Waals surface area contributed by atoms with E-state index in [1.54, 1.807) is 12.1 Å². The van der Waals surface area contributed by atoms with Crippen LogP contribution in [-0.4, -0.2) is 27.7 Å². The Morgan fingerprint density at radius 1 is 1.40 bits per heavy atom. The average Bonchev–Trinajstić information content (AvgIpc) is 2.83. The van der Waals surface area contributed by atoms with Gasteiger partial charge in [0.2, 0.25) is 0 Å². The van der Waals surface area contributed by atoms with Gasteiger partial charge in [0.15, 0.2) is 0 Å². The smallest absolute Gasteiger partial charge is 0.335 e. The Balaban J connectivity index is 1.76. The van der Waals surface area contributed by atoms with Crippen molar-refractivity contribution in [2.75, 3.05) is 6.54 Å². The molecule has 1 aliphatic heterocycles. The molecule has 20 heavy (non-hydrogen) atoms. The van der Waals surface area contributed by atoms with Crippen LogP contribution in [0.15, 0.2) is 28.8 Å². The highest BCUT2D eigenvalue weighted by atomic mass is 16.5. The van der Waals surface area contributed by atoms with Gasteiger partial charge in [-0.05, 0) is 36.6 Å². The van der Waals surface area contributed by atoms with E-state index in [4.69, 9.17) is 9.63 Å². The largest absolute Gasteiger partial charge is 0.478 e. The van der Waals surface area contributed by atoms with Gasteiger partial charge >= 0.3 is 5.97 Å². The third-order valence-corrected chi connectivity index (χ3v) is 3.61. The first-order valence-electron chi connectivity index (χ1n) is 6.61. The van der Waals surface area contributed by atoms with E-state index in [0.717, 1.165) is 43.1 Å². The summed E-state index contributed by atoms with van der Waals surface area (Å²) >= 11 is 0. The SMILES string of the molecule is Cc1cc(CN2CCc3ccc(C(=O)O)cc3C2)no1. The average molecular weight is 272 g/mol. The number of aromatic nitrogens is 1. The molecule has 2 aromatic rings. The van der Waals surface area contributed by atoms with E-state index in [0.29, 0.717) is 5.56 Å². The molecule has 104 valence electrons. The first-order chi connectivity index (χ1) is 9.61. The molecule has 2 heterocycles. The fourth-order valence-corrected chi connectivity index (χ4v) is 2.61. The highest BCUT2D eigenvalue weighted by molar-refractivity contribution is 5.87. The molecule has 0 fully saturated rings. The molecule has 1 aliphatic rings. The van der Waals surface area contributed by atoms with Crippen LogP contribution in [0.4, 0.5) is 0 Å². The van der Waals surface area contributed by atoms with E-state index >= 15 is 0 Å². The van der Waals surface area contributed by atoms with Gasteiger partial charge in [-0.25, -0.2) is 4.79 Å². The first kappa shape index (κ1) is 12.9. The number of carbonyl (C=O) groups is 1. The number of nitrogens with zero attached hydrogens (tertiary/aromatic N) is 2. The standard InChI is InChI=1S/C15H16N2O3/c1-10-6-14(16-20-10)9-17-5-4-11-2-3-12(15(18)19)7-13(11)8-17/h2-3,6-7H,4-5,8-9H2,1H3,(H,18,19).